The summed E-state index contributed by atoms with van der Waals surface area (Å²) in [6.45, 7) is 3.12. The number of carbonyl (C=O) groups is 3. The zero-order valence-corrected chi connectivity index (χ0v) is 15.3. The lowest BCUT2D eigenvalue weighted by Gasteiger charge is -2.09. The molecule has 0 fully saturated rings. The second kappa shape index (κ2) is 8.17. The van der Waals surface area contributed by atoms with Gasteiger partial charge in [0.2, 0.25) is 5.91 Å². The molecule has 3 rings (SSSR count). The Hall–Kier alpha value is -3.94. The SMILES string of the molecule is CC(=O)Nc1cccc(NC(=O)c2cccc(C(=O)Nc3cc(C)on3)c2)c1. The number of anilines is 3. The van der Waals surface area contributed by atoms with Crippen molar-refractivity contribution in [3.8, 4) is 0 Å². The zero-order valence-electron chi connectivity index (χ0n) is 15.3. The number of carbonyl (C=O) groups excluding carboxylic acids is 3. The van der Waals surface area contributed by atoms with Gasteiger partial charge in [-0.25, -0.2) is 0 Å². The molecular formula is C20H18N4O4. The summed E-state index contributed by atoms with van der Waals surface area (Å²) in [5.74, 6) is -0.121. The minimum absolute atomic E-state index is 0.204. The van der Waals surface area contributed by atoms with Gasteiger partial charge in [-0.15, -0.1) is 0 Å². The monoisotopic (exact) mass is 378 g/mol. The van der Waals surface area contributed by atoms with E-state index in [9.17, 15) is 14.4 Å². The van der Waals surface area contributed by atoms with Crippen molar-refractivity contribution in [3.63, 3.8) is 0 Å². The Balaban J connectivity index is 1.71. The molecule has 8 heteroatoms. The van der Waals surface area contributed by atoms with Gasteiger partial charge in [-0.3, -0.25) is 14.4 Å². The first-order valence-corrected chi connectivity index (χ1v) is 8.44. The molecule has 0 saturated carbocycles. The lowest BCUT2D eigenvalue weighted by molar-refractivity contribution is -0.114. The topological polar surface area (TPSA) is 113 Å². The van der Waals surface area contributed by atoms with Crippen molar-refractivity contribution >= 4 is 34.9 Å². The number of amides is 3. The first-order valence-electron chi connectivity index (χ1n) is 8.44. The van der Waals surface area contributed by atoms with Gasteiger partial charge in [0.25, 0.3) is 11.8 Å². The van der Waals surface area contributed by atoms with Crippen LogP contribution in [0.15, 0.2) is 59.1 Å². The molecule has 0 aliphatic heterocycles. The lowest BCUT2D eigenvalue weighted by atomic mass is 10.1. The molecule has 28 heavy (non-hydrogen) atoms. The van der Waals surface area contributed by atoms with Gasteiger partial charge in [-0.1, -0.05) is 17.3 Å². The van der Waals surface area contributed by atoms with E-state index >= 15 is 0 Å². The van der Waals surface area contributed by atoms with Gasteiger partial charge in [0, 0.05) is 35.5 Å². The largest absolute Gasteiger partial charge is 0.360 e. The molecule has 0 bridgehead atoms. The highest BCUT2D eigenvalue weighted by atomic mass is 16.5. The minimum atomic E-state index is -0.407. The molecule has 0 aliphatic carbocycles. The van der Waals surface area contributed by atoms with E-state index in [-0.39, 0.29) is 11.8 Å². The number of nitrogens with zero attached hydrogens (tertiary/aromatic N) is 1. The third kappa shape index (κ3) is 4.82. The number of hydrogen-bond acceptors (Lipinski definition) is 5. The van der Waals surface area contributed by atoms with E-state index in [1.807, 2.05) is 0 Å². The van der Waals surface area contributed by atoms with E-state index in [4.69, 9.17) is 4.52 Å². The molecule has 0 spiro atoms. The second-order valence-electron chi connectivity index (χ2n) is 6.07. The highest BCUT2D eigenvalue weighted by Crippen LogP contribution is 2.17. The van der Waals surface area contributed by atoms with Crippen molar-refractivity contribution in [2.45, 2.75) is 13.8 Å². The van der Waals surface area contributed by atoms with Gasteiger partial charge >= 0.3 is 0 Å². The van der Waals surface area contributed by atoms with Crippen LogP contribution in [-0.4, -0.2) is 22.9 Å². The van der Waals surface area contributed by atoms with Crippen LogP contribution in [0, 0.1) is 6.92 Å². The average molecular weight is 378 g/mol. The van der Waals surface area contributed by atoms with Crippen LogP contribution in [0.25, 0.3) is 0 Å². The molecule has 142 valence electrons. The van der Waals surface area contributed by atoms with Crippen molar-refractivity contribution in [1.82, 2.24) is 5.16 Å². The van der Waals surface area contributed by atoms with E-state index in [0.717, 1.165) is 0 Å². The Morgan fingerprint density at radius 3 is 2.04 bits per heavy atom. The second-order valence-corrected chi connectivity index (χ2v) is 6.07. The zero-order chi connectivity index (χ0) is 20.1. The summed E-state index contributed by atoms with van der Waals surface area (Å²) >= 11 is 0. The van der Waals surface area contributed by atoms with Gasteiger partial charge in [0.05, 0.1) is 0 Å². The summed E-state index contributed by atoms with van der Waals surface area (Å²) in [5.41, 5.74) is 1.71. The number of rotatable bonds is 5. The van der Waals surface area contributed by atoms with Crippen molar-refractivity contribution < 1.29 is 18.9 Å². The number of nitrogens with one attached hydrogen (secondary N) is 3. The van der Waals surface area contributed by atoms with Gasteiger partial charge in [-0.2, -0.15) is 0 Å². The van der Waals surface area contributed by atoms with Crippen molar-refractivity contribution in [3.05, 3.63) is 71.5 Å². The minimum Gasteiger partial charge on any atom is -0.360 e. The summed E-state index contributed by atoms with van der Waals surface area (Å²) in [6.07, 6.45) is 0. The highest BCUT2D eigenvalue weighted by molar-refractivity contribution is 6.08. The summed E-state index contributed by atoms with van der Waals surface area (Å²) in [4.78, 5) is 36.0. The van der Waals surface area contributed by atoms with Gasteiger partial charge < -0.3 is 20.5 Å². The van der Waals surface area contributed by atoms with Crippen LogP contribution in [0.2, 0.25) is 0 Å². The fraction of sp³-hybridized carbons (Fsp3) is 0.100. The normalized spacial score (nSPS) is 10.2. The molecule has 0 radical (unpaired) electrons. The number of aryl methyl sites for hydroxylation is 1. The Kier molecular flexibility index (Phi) is 5.50. The molecule has 2 aromatic carbocycles. The maximum atomic E-state index is 12.5. The van der Waals surface area contributed by atoms with E-state index in [0.29, 0.717) is 34.1 Å². The Morgan fingerprint density at radius 1 is 0.821 bits per heavy atom. The molecule has 3 aromatic rings. The van der Waals surface area contributed by atoms with Crippen LogP contribution in [0.5, 0.6) is 0 Å². The van der Waals surface area contributed by atoms with E-state index in [2.05, 4.69) is 21.1 Å². The first kappa shape index (κ1) is 18.8. The predicted molar refractivity (Wildman–Crippen MR) is 104 cm³/mol. The molecule has 1 heterocycles. The van der Waals surface area contributed by atoms with E-state index in [1.165, 1.54) is 13.0 Å². The smallest absolute Gasteiger partial charge is 0.256 e. The van der Waals surface area contributed by atoms with Crippen LogP contribution >= 0.6 is 0 Å². The molecule has 1 aromatic heterocycles. The fourth-order valence-electron chi connectivity index (χ4n) is 2.50. The van der Waals surface area contributed by atoms with E-state index in [1.54, 1.807) is 55.5 Å². The van der Waals surface area contributed by atoms with Crippen LogP contribution in [0.4, 0.5) is 17.2 Å². The fourth-order valence-corrected chi connectivity index (χ4v) is 2.50. The summed E-state index contributed by atoms with van der Waals surface area (Å²) in [7, 11) is 0. The molecule has 0 unspecified atom stereocenters. The summed E-state index contributed by atoms with van der Waals surface area (Å²) in [5, 5.41) is 11.7. The molecule has 8 nitrogen and oxygen atoms in total. The predicted octanol–water partition coefficient (Wildman–Crippen LogP) is 3.45. The third-order valence-electron chi connectivity index (χ3n) is 3.70. The molecule has 3 N–H and O–H groups in total. The van der Waals surface area contributed by atoms with E-state index < -0.39 is 5.91 Å². The number of benzene rings is 2. The lowest BCUT2D eigenvalue weighted by Crippen LogP contribution is -2.16. The van der Waals surface area contributed by atoms with Gasteiger partial charge in [0.15, 0.2) is 5.82 Å². The standard InChI is InChI=1S/C20H18N4O4/c1-12-9-18(24-28-12)23-20(27)15-6-3-5-14(10-15)19(26)22-17-8-4-7-16(11-17)21-13(2)25/h3-11H,1-2H3,(H,21,25)(H,22,26)(H,23,24,27). The van der Waals surface area contributed by atoms with Crippen LogP contribution < -0.4 is 16.0 Å². The third-order valence-corrected chi connectivity index (χ3v) is 3.70. The number of hydrogen-bond donors (Lipinski definition) is 3. The Bertz CT molecular complexity index is 1040. The summed E-state index contributed by atoms with van der Waals surface area (Å²) in [6, 6.07) is 14.7. The first-order chi connectivity index (χ1) is 13.4. The van der Waals surface area contributed by atoms with Gasteiger partial charge in [0.1, 0.15) is 5.76 Å². The van der Waals surface area contributed by atoms with Crippen LogP contribution in [0.3, 0.4) is 0 Å². The molecule has 0 saturated heterocycles. The molecule has 0 aliphatic rings. The Morgan fingerprint density at radius 2 is 1.43 bits per heavy atom. The molecule has 0 atom stereocenters. The van der Waals surface area contributed by atoms with Gasteiger partial charge in [-0.05, 0) is 43.3 Å². The quantitative estimate of drug-likeness (QED) is 0.629. The average Bonchev–Trinajstić information content (AvgIpc) is 3.06. The van der Waals surface area contributed by atoms with Crippen LogP contribution in [-0.2, 0) is 4.79 Å². The Labute approximate surface area is 160 Å². The maximum absolute atomic E-state index is 12.5. The summed E-state index contributed by atoms with van der Waals surface area (Å²) < 4.78 is 4.91. The highest BCUT2D eigenvalue weighted by Gasteiger charge is 2.13. The molecule has 3 amide bonds. The maximum Gasteiger partial charge on any atom is 0.256 e. The van der Waals surface area contributed by atoms with Crippen molar-refractivity contribution in [2.24, 2.45) is 0 Å². The van der Waals surface area contributed by atoms with Crippen molar-refractivity contribution in [1.29, 1.82) is 0 Å². The van der Waals surface area contributed by atoms with Crippen LogP contribution in [0.1, 0.15) is 33.4 Å². The van der Waals surface area contributed by atoms with Crippen molar-refractivity contribution in [2.75, 3.05) is 16.0 Å². The number of aromatic nitrogens is 1. The molecular weight excluding hydrogens is 360 g/mol.